The molecule has 3 fully saturated rings. The Morgan fingerprint density at radius 3 is 2.58 bits per heavy atom. The summed E-state index contributed by atoms with van der Waals surface area (Å²) in [4.78, 5) is 27.1. The number of piperidine rings is 1. The van der Waals surface area contributed by atoms with Crippen LogP contribution in [0.2, 0.25) is 0 Å². The molecular formula is C20H29N3O3. The summed E-state index contributed by atoms with van der Waals surface area (Å²) in [6.45, 7) is 1.44. The molecule has 4 rings (SSSR count). The quantitative estimate of drug-likeness (QED) is 0.828. The smallest absolute Gasteiger partial charge is 0.267 e. The number of methoxy groups -OCH3 is 1. The lowest BCUT2D eigenvalue weighted by molar-refractivity contribution is -0.139. The van der Waals surface area contributed by atoms with Crippen LogP contribution < -0.4 is 5.56 Å². The molecule has 6 heteroatoms. The van der Waals surface area contributed by atoms with E-state index in [1.807, 2.05) is 11.0 Å². The van der Waals surface area contributed by atoms with Crippen LogP contribution in [0, 0.1) is 5.92 Å². The van der Waals surface area contributed by atoms with Gasteiger partial charge in [-0.15, -0.1) is 0 Å². The van der Waals surface area contributed by atoms with Crippen molar-refractivity contribution in [3.05, 3.63) is 28.2 Å². The van der Waals surface area contributed by atoms with Gasteiger partial charge in [-0.1, -0.05) is 6.42 Å². The van der Waals surface area contributed by atoms with Gasteiger partial charge in [-0.25, -0.2) is 4.68 Å². The normalized spacial score (nSPS) is 27.5. The summed E-state index contributed by atoms with van der Waals surface area (Å²) >= 11 is 0. The maximum absolute atomic E-state index is 12.9. The zero-order valence-corrected chi connectivity index (χ0v) is 15.6. The van der Waals surface area contributed by atoms with E-state index in [4.69, 9.17) is 4.74 Å². The van der Waals surface area contributed by atoms with Crippen molar-refractivity contribution < 1.29 is 9.53 Å². The lowest BCUT2D eigenvalue weighted by atomic mass is 9.85. The first kappa shape index (κ1) is 17.7. The van der Waals surface area contributed by atoms with Crippen LogP contribution in [0.4, 0.5) is 0 Å². The zero-order chi connectivity index (χ0) is 18.1. The van der Waals surface area contributed by atoms with Gasteiger partial charge in [-0.05, 0) is 51.0 Å². The molecule has 1 saturated heterocycles. The van der Waals surface area contributed by atoms with E-state index in [9.17, 15) is 9.59 Å². The van der Waals surface area contributed by atoms with Gasteiger partial charge >= 0.3 is 0 Å². The highest BCUT2D eigenvalue weighted by atomic mass is 16.5. The Balaban J connectivity index is 1.37. The van der Waals surface area contributed by atoms with Gasteiger partial charge < -0.3 is 9.64 Å². The molecule has 142 valence electrons. The molecule has 1 aromatic heterocycles. The summed E-state index contributed by atoms with van der Waals surface area (Å²) < 4.78 is 7.14. The number of likely N-dealkylation sites (tertiary alicyclic amines) is 1. The number of carbonyl (C=O) groups is 1. The molecule has 1 aliphatic heterocycles. The Hall–Kier alpha value is -1.69. The van der Waals surface area contributed by atoms with Crippen LogP contribution in [0.15, 0.2) is 16.9 Å². The van der Waals surface area contributed by atoms with Gasteiger partial charge in [0.05, 0.1) is 17.8 Å². The molecule has 0 bridgehead atoms. The SMILES string of the molecule is CO[C@@H]1CCC[C@H](C(=O)N2CCC(n3nc(C4CC4)ccc3=O)CC2)C1. The van der Waals surface area contributed by atoms with E-state index >= 15 is 0 Å². The first-order valence-corrected chi connectivity index (χ1v) is 10.1. The van der Waals surface area contributed by atoms with Gasteiger partial charge in [-0.3, -0.25) is 9.59 Å². The Bertz CT molecular complexity index is 704. The van der Waals surface area contributed by atoms with Crippen LogP contribution in [-0.2, 0) is 9.53 Å². The molecule has 0 N–H and O–H groups in total. The van der Waals surface area contributed by atoms with E-state index in [0.29, 0.717) is 5.92 Å². The van der Waals surface area contributed by atoms with E-state index < -0.39 is 0 Å². The summed E-state index contributed by atoms with van der Waals surface area (Å²) in [5.41, 5.74) is 1.03. The third kappa shape index (κ3) is 3.70. The Labute approximate surface area is 154 Å². The van der Waals surface area contributed by atoms with E-state index in [0.717, 1.165) is 57.3 Å². The number of aromatic nitrogens is 2. The number of carbonyl (C=O) groups excluding carboxylic acids is 1. The molecule has 2 heterocycles. The lowest BCUT2D eigenvalue weighted by Crippen LogP contribution is -2.45. The molecule has 1 amide bonds. The predicted octanol–water partition coefficient (Wildman–Crippen LogP) is 2.49. The van der Waals surface area contributed by atoms with Crippen LogP contribution >= 0.6 is 0 Å². The molecule has 3 aliphatic rings. The zero-order valence-electron chi connectivity index (χ0n) is 15.6. The average molecular weight is 359 g/mol. The summed E-state index contributed by atoms with van der Waals surface area (Å²) in [5, 5.41) is 4.62. The fourth-order valence-corrected chi connectivity index (χ4v) is 4.47. The fourth-order valence-electron chi connectivity index (χ4n) is 4.47. The van der Waals surface area contributed by atoms with Gasteiger partial charge in [0.1, 0.15) is 0 Å². The van der Waals surface area contributed by atoms with E-state index in [-0.39, 0.29) is 29.5 Å². The van der Waals surface area contributed by atoms with Crippen LogP contribution in [0.1, 0.15) is 69.0 Å². The standard InChI is InChI=1S/C20H29N3O3/c1-26-17-4-2-3-15(13-17)20(25)22-11-9-16(10-12-22)23-19(24)8-7-18(21-23)14-5-6-14/h7-8,14-17H,2-6,9-13H2,1H3/t15-,17+/m0/s1. The van der Waals surface area contributed by atoms with E-state index in [2.05, 4.69) is 5.10 Å². The second-order valence-electron chi connectivity index (χ2n) is 8.09. The van der Waals surface area contributed by atoms with Gasteiger partial charge in [0.25, 0.3) is 5.56 Å². The lowest BCUT2D eigenvalue weighted by Gasteiger charge is -2.36. The van der Waals surface area contributed by atoms with E-state index in [1.165, 1.54) is 12.8 Å². The number of rotatable bonds is 4. The van der Waals surface area contributed by atoms with Gasteiger partial charge in [0, 0.05) is 38.1 Å². The first-order chi connectivity index (χ1) is 12.7. The molecule has 0 aromatic carbocycles. The minimum atomic E-state index is -0.0191. The van der Waals surface area contributed by atoms with Crippen LogP contribution in [0.25, 0.3) is 0 Å². The number of hydrogen-bond donors (Lipinski definition) is 0. The Morgan fingerprint density at radius 2 is 1.88 bits per heavy atom. The van der Waals surface area contributed by atoms with Crippen molar-refractivity contribution in [2.24, 2.45) is 5.92 Å². The molecule has 2 saturated carbocycles. The van der Waals surface area contributed by atoms with Crippen molar-refractivity contribution in [2.75, 3.05) is 20.2 Å². The third-order valence-corrected chi connectivity index (χ3v) is 6.27. The van der Waals surface area contributed by atoms with Crippen LogP contribution in [0.5, 0.6) is 0 Å². The monoisotopic (exact) mass is 359 g/mol. The molecule has 6 nitrogen and oxygen atoms in total. The molecule has 1 aromatic rings. The summed E-state index contributed by atoms with van der Waals surface area (Å²) in [6.07, 6.45) is 8.17. The van der Waals surface area contributed by atoms with Gasteiger partial charge in [0.15, 0.2) is 0 Å². The second kappa shape index (κ2) is 7.51. The average Bonchev–Trinajstić information content (AvgIpc) is 3.53. The van der Waals surface area contributed by atoms with Crippen LogP contribution in [-0.4, -0.2) is 46.9 Å². The maximum Gasteiger partial charge on any atom is 0.267 e. The van der Waals surface area contributed by atoms with E-state index in [1.54, 1.807) is 17.9 Å². The molecule has 0 radical (unpaired) electrons. The van der Waals surface area contributed by atoms with Crippen molar-refractivity contribution in [3.63, 3.8) is 0 Å². The van der Waals surface area contributed by atoms with Crippen molar-refractivity contribution in [2.45, 2.75) is 69.4 Å². The highest BCUT2D eigenvalue weighted by molar-refractivity contribution is 5.79. The van der Waals surface area contributed by atoms with Crippen molar-refractivity contribution in [3.8, 4) is 0 Å². The number of nitrogens with zero attached hydrogens (tertiary/aromatic N) is 3. The molecule has 0 unspecified atom stereocenters. The molecule has 2 aliphatic carbocycles. The van der Waals surface area contributed by atoms with Crippen molar-refractivity contribution >= 4 is 5.91 Å². The largest absolute Gasteiger partial charge is 0.381 e. The second-order valence-corrected chi connectivity index (χ2v) is 8.09. The van der Waals surface area contributed by atoms with Gasteiger partial charge in [0.2, 0.25) is 5.91 Å². The van der Waals surface area contributed by atoms with Gasteiger partial charge in [-0.2, -0.15) is 5.10 Å². The van der Waals surface area contributed by atoms with Crippen LogP contribution in [0.3, 0.4) is 0 Å². The minimum Gasteiger partial charge on any atom is -0.381 e. The number of ether oxygens (including phenoxy) is 1. The Morgan fingerprint density at radius 1 is 1.12 bits per heavy atom. The topological polar surface area (TPSA) is 64.4 Å². The van der Waals surface area contributed by atoms with Crippen molar-refractivity contribution in [1.82, 2.24) is 14.7 Å². The van der Waals surface area contributed by atoms with Crippen molar-refractivity contribution in [1.29, 1.82) is 0 Å². The summed E-state index contributed by atoms with van der Waals surface area (Å²) in [7, 11) is 1.74. The molecule has 0 spiro atoms. The Kier molecular flexibility index (Phi) is 5.11. The fraction of sp³-hybridized carbons (Fsp3) is 0.750. The highest BCUT2D eigenvalue weighted by Gasteiger charge is 2.33. The third-order valence-electron chi connectivity index (χ3n) is 6.27. The molecule has 26 heavy (non-hydrogen) atoms. The molecular weight excluding hydrogens is 330 g/mol. The summed E-state index contributed by atoms with van der Waals surface area (Å²) in [5.74, 6) is 0.921. The number of hydrogen-bond acceptors (Lipinski definition) is 4. The number of amides is 1. The summed E-state index contributed by atoms with van der Waals surface area (Å²) in [6, 6.07) is 3.65. The highest BCUT2D eigenvalue weighted by Crippen LogP contribution is 2.38. The molecule has 2 atom stereocenters. The first-order valence-electron chi connectivity index (χ1n) is 10.1. The maximum atomic E-state index is 12.9. The predicted molar refractivity (Wildman–Crippen MR) is 98.1 cm³/mol. The minimum absolute atomic E-state index is 0.0191.